The third-order valence-electron chi connectivity index (χ3n) is 3.01. The van der Waals surface area contributed by atoms with Crippen molar-refractivity contribution in [1.29, 1.82) is 0 Å². The van der Waals surface area contributed by atoms with Crippen molar-refractivity contribution in [3.05, 3.63) is 28.8 Å². The van der Waals surface area contributed by atoms with Crippen LogP contribution in [0.25, 0.3) is 0 Å². The number of anilines is 1. The normalized spacial score (nSPS) is 17.4. The van der Waals surface area contributed by atoms with E-state index in [9.17, 15) is 13.2 Å². The molecular weight excluding hydrogens is 251 g/mol. The molecule has 0 bridgehead atoms. The van der Waals surface area contributed by atoms with Gasteiger partial charge in [0.05, 0.1) is 16.3 Å². The van der Waals surface area contributed by atoms with Crippen LogP contribution in [0.2, 0.25) is 5.02 Å². The van der Waals surface area contributed by atoms with Crippen molar-refractivity contribution in [3.63, 3.8) is 0 Å². The predicted octanol–water partition coefficient (Wildman–Crippen LogP) is 4.71. The van der Waals surface area contributed by atoms with Crippen LogP contribution < -0.4 is 5.32 Å². The number of hydrogen-bond donors (Lipinski definition) is 1. The van der Waals surface area contributed by atoms with E-state index in [4.69, 9.17) is 11.6 Å². The Hall–Kier alpha value is -0.900. The largest absolute Gasteiger partial charge is 0.416 e. The first kappa shape index (κ1) is 12.6. The second-order valence-electron chi connectivity index (χ2n) is 4.32. The molecule has 1 N–H and O–H groups in total. The molecule has 0 saturated heterocycles. The lowest BCUT2D eigenvalue weighted by atomic mass is 10.1. The van der Waals surface area contributed by atoms with E-state index < -0.39 is 11.7 Å². The van der Waals surface area contributed by atoms with E-state index in [0.29, 0.717) is 11.7 Å². The summed E-state index contributed by atoms with van der Waals surface area (Å²) in [6, 6.07) is 3.77. The van der Waals surface area contributed by atoms with E-state index in [1.54, 1.807) is 0 Å². The first-order valence-electron chi connectivity index (χ1n) is 5.60. The Morgan fingerprint density at radius 2 is 1.82 bits per heavy atom. The fraction of sp³-hybridized carbons (Fsp3) is 0.500. The summed E-state index contributed by atoms with van der Waals surface area (Å²) in [5, 5.41) is 3.32. The SMILES string of the molecule is FC(F)(F)c1ccc(NC2CCCC2)c(Cl)c1. The summed E-state index contributed by atoms with van der Waals surface area (Å²) < 4.78 is 37.3. The molecule has 0 atom stereocenters. The van der Waals surface area contributed by atoms with Crippen LogP contribution >= 0.6 is 11.6 Å². The molecule has 1 aromatic rings. The average molecular weight is 264 g/mol. The Morgan fingerprint density at radius 3 is 2.35 bits per heavy atom. The minimum absolute atomic E-state index is 0.131. The maximum absolute atomic E-state index is 12.4. The van der Waals surface area contributed by atoms with Crippen LogP contribution in [0, 0.1) is 0 Å². The topological polar surface area (TPSA) is 12.0 Å². The molecule has 0 amide bonds. The summed E-state index contributed by atoms with van der Waals surface area (Å²) in [7, 11) is 0. The lowest BCUT2D eigenvalue weighted by Gasteiger charge is -2.16. The zero-order chi connectivity index (χ0) is 12.5. The first-order valence-corrected chi connectivity index (χ1v) is 5.98. The van der Waals surface area contributed by atoms with Gasteiger partial charge in [0.25, 0.3) is 0 Å². The van der Waals surface area contributed by atoms with Gasteiger partial charge in [-0.1, -0.05) is 24.4 Å². The fourth-order valence-corrected chi connectivity index (χ4v) is 2.33. The highest BCUT2D eigenvalue weighted by Crippen LogP contribution is 2.34. The maximum Gasteiger partial charge on any atom is 0.416 e. The Labute approximate surface area is 103 Å². The van der Waals surface area contributed by atoms with E-state index >= 15 is 0 Å². The first-order chi connectivity index (χ1) is 7.97. The summed E-state index contributed by atoms with van der Waals surface area (Å²) in [6.45, 7) is 0. The van der Waals surface area contributed by atoms with Gasteiger partial charge in [0.2, 0.25) is 0 Å². The highest BCUT2D eigenvalue weighted by atomic mass is 35.5. The molecule has 0 spiro atoms. The summed E-state index contributed by atoms with van der Waals surface area (Å²) in [4.78, 5) is 0. The highest BCUT2D eigenvalue weighted by molar-refractivity contribution is 6.33. The molecule has 0 aliphatic heterocycles. The number of nitrogens with one attached hydrogen (secondary N) is 1. The van der Waals surface area contributed by atoms with Crippen LogP contribution in [0.4, 0.5) is 18.9 Å². The molecule has 94 valence electrons. The van der Waals surface area contributed by atoms with E-state index in [1.165, 1.54) is 6.07 Å². The molecular formula is C12H13ClF3N. The van der Waals surface area contributed by atoms with Crippen molar-refractivity contribution < 1.29 is 13.2 Å². The molecule has 1 aliphatic carbocycles. The maximum atomic E-state index is 12.4. The molecule has 1 saturated carbocycles. The molecule has 1 fully saturated rings. The third-order valence-corrected chi connectivity index (χ3v) is 3.32. The van der Waals surface area contributed by atoms with Crippen molar-refractivity contribution in [3.8, 4) is 0 Å². The van der Waals surface area contributed by atoms with E-state index in [2.05, 4.69) is 5.32 Å². The summed E-state index contributed by atoms with van der Waals surface area (Å²) in [6.07, 6.45) is 0.0933. The summed E-state index contributed by atoms with van der Waals surface area (Å²) >= 11 is 5.85. The van der Waals surface area contributed by atoms with Gasteiger partial charge in [0.15, 0.2) is 0 Å². The molecule has 0 aromatic heterocycles. The summed E-state index contributed by atoms with van der Waals surface area (Å²) in [5.74, 6) is 0. The molecule has 5 heteroatoms. The molecule has 2 rings (SSSR count). The third kappa shape index (κ3) is 3.06. The lowest BCUT2D eigenvalue weighted by molar-refractivity contribution is -0.137. The van der Waals surface area contributed by atoms with Gasteiger partial charge in [-0.15, -0.1) is 0 Å². The van der Waals surface area contributed by atoms with E-state index in [-0.39, 0.29) is 5.02 Å². The zero-order valence-corrected chi connectivity index (χ0v) is 9.91. The summed E-state index contributed by atoms with van der Waals surface area (Å²) in [5.41, 5.74) is -0.119. The van der Waals surface area contributed by atoms with Gasteiger partial charge in [-0.2, -0.15) is 13.2 Å². The van der Waals surface area contributed by atoms with Crippen LogP contribution in [0.15, 0.2) is 18.2 Å². The second-order valence-corrected chi connectivity index (χ2v) is 4.73. The number of hydrogen-bond acceptors (Lipinski definition) is 1. The van der Waals surface area contributed by atoms with Crippen LogP contribution in [0.5, 0.6) is 0 Å². The average Bonchev–Trinajstić information content (AvgIpc) is 2.72. The lowest BCUT2D eigenvalue weighted by Crippen LogP contribution is -2.15. The van der Waals surface area contributed by atoms with Gasteiger partial charge in [0, 0.05) is 6.04 Å². The molecule has 1 nitrogen and oxygen atoms in total. The van der Waals surface area contributed by atoms with Crippen LogP contribution in [0.1, 0.15) is 31.2 Å². The molecule has 0 heterocycles. The Bertz CT molecular complexity index is 397. The minimum Gasteiger partial charge on any atom is -0.381 e. The highest BCUT2D eigenvalue weighted by Gasteiger charge is 2.31. The van der Waals surface area contributed by atoms with E-state index in [0.717, 1.165) is 37.8 Å². The molecule has 1 aromatic carbocycles. The van der Waals surface area contributed by atoms with Crippen molar-refractivity contribution in [2.75, 3.05) is 5.32 Å². The Balaban J connectivity index is 2.14. The van der Waals surface area contributed by atoms with Crippen LogP contribution in [-0.4, -0.2) is 6.04 Å². The van der Waals surface area contributed by atoms with Crippen molar-refractivity contribution in [1.82, 2.24) is 0 Å². The van der Waals surface area contributed by atoms with Gasteiger partial charge < -0.3 is 5.32 Å². The van der Waals surface area contributed by atoms with Crippen molar-refractivity contribution >= 4 is 17.3 Å². The smallest absolute Gasteiger partial charge is 0.381 e. The van der Waals surface area contributed by atoms with Gasteiger partial charge in [0.1, 0.15) is 0 Å². The monoisotopic (exact) mass is 263 g/mol. The minimum atomic E-state index is -4.34. The molecule has 1 aliphatic rings. The van der Waals surface area contributed by atoms with Crippen LogP contribution in [0.3, 0.4) is 0 Å². The zero-order valence-electron chi connectivity index (χ0n) is 9.15. The van der Waals surface area contributed by atoms with E-state index in [1.807, 2.05) is 0 Å². The predicted molar refractivity (Wildman–Crippen MR) is 62.3 cm³/mol. The molecule has 0 radical (unpaired) electrons. The number of rotatable bonds is 2. The van der Waals surface area contributed by atoms with Gasteiger partial charge in [-0.25, -0.2) is 0 Å². The Kier molecular flexibility index (Phi) is 3.52. The fourth-order valence-electron chi connectivity index (χ4n) is 2.10. The van der Waals surface area contributed by atoms with Crippen molar-refractivity contribution in [2.45, 2.75) is 37.9 Å². The standard InChI is InChI=1S/C12H13ClF3N/c13-10-7-8(12(14,15)16)5-6-11(10)17-9-3-1-2-4-9/h5-7,9,17H,1-4H2. The molecule has 17 heavy (non-hydrogen) atoms. The second kappa shape index (κ2) is 4.77. The van der Waals surface area contributed by atoms with Crippen LogP contribution in [-0.2, 0) is 6.18 Å². The number of alkyl halides is 3. The van der Waals surface area contributed by atoms with Gasteiger partial charge in [-0.05, 0) is 31.0 Å². The molecule has 0 unspecified atom stereocenters. The van der Waals surface area contributed by atoms with Gasteiger partial charge >= 0.3 is 6.18 Å². The number of halogens is 4. The quantitative estimate of drug-likeness (QED) is 0.815. The van der Waals surface area contributed by atoms with Gasteiger partial charge in [-0.3, -0.25) is 0 Å². The van der Waals surface area contributed by atoms with Crippen molar-refractivity contribution in [2.24, 2.45) is 0 Å². The number of benzene rings is 1. The Morgan fingerprint density at radius 1 is 1.18 bits per heavy atom.